The van der Waals surface area contributed by atoms with Crippen LogP contribution in [0.3, 0.4) is 0 Å². The van der Waals surface area contributed by atoms with Gasteiger partial charge >= 0.3 is 12.1 Å². The number of nitrogen functional groups attached to an aromatic ring is 1. The number of methoxy groups -OCH3 is 1. The van der Waals surface area contributed by atoms with Crippen LogP contribution in [0.4, 0.5) is 10.5 Å². The molecule has 0 fully saturated rings. The van der Waals surface area contributed by atoms with E-state index in [1.165, 1.54) is 7.11 Å². The van der Waals surface area contributed by atoms with Gasteiger partial charge in [0.05, 0.1) is 19.2 Å². The Hall–Kier alpha value is -2.68. The number of benzene rings is 1. The summed E-state index contributed by atoms with van der Waals surface area (Å²) in [5, 5.41) is 2.53. The molecule has 0 saturated carbocycles. The van der Waals surface area contributed by atoms with Crippen LogP contribution in [-0.2, 0) is 9.47 Å². The van der Waals surface area contributed by atoms with E-state index in [0.29, 0.717) is 22.4 Å². The molecule has 0 heterocycles. The van der Waals surface area contributed by atoms with Crippen molar-refractivity contribution in [3.63, 3.8) is 0 Å². The third-order valence-corrected chi connectivity index (χ3v) is 2.81. The summed E-state index contributed by atoms with van der Waals surface area (Å²) in [6, 6.07) is 3.28. The molecule has 0 aliphatic carbocycles. The first-order valence-electron chi connectivity index (χ1n) is 7.08. The van der Waals surface area contributed by atoms with Gasteiger partial charge in [-0.25, -0.2) is 9.59 Å². The van der Waals surface area contributed by atoms with Crippen LogP contribution >= 0.6 is 0 Å². The highest BCUT2D eigenvalue weighted by Gasteiger charge is 2.15. The topological polar surface area (TPSA) is 90.6 Å². The summed E-state index contributed by atoms with van der Waals surface area (Å²) in [4.78, 5) is 23.2. The van der Waals surface area contributed by atoms with Crippen LogP contribution in [0.15, 0.2) is 12.1 Å². The summed E-state index contributed by atoms with van der Waals surface area (Å²) in [5.41, 5.74) is 7.36. The smallest absolute Gasteiger partial charge is 0.408 e. The highest BCUT2D eigenvalue weighted by atomic mass is 16.6. The van der Waals surface area contributed by atoms with Crippen molar-refractivity contribution in [2.45, 2.75) is 33.3 Å². The number of hydrogen-bond acceptors (Lipinski definition) is 5. The third-order valence-electron chi connectivity index (χ3n) is 2.81. The highest BCUT2D eigenvalue weighted by Crippen LogP contribution is 2.19. The van der Waals surface area contributed by atoms with Gasteiger partial charge in [-0.3, -0.25) is 0 Å². The van der Waals surface area contributed by atoms with Crippen molar-refractivity contribution < 1.29 is 19.1 Å². The highest BCUT2D eigenvalue weighted by molar-refractivity contribution is 5.93. The van der Waals surface area contributed by atoms with Gasteiger partial charge in [-0.1, -0.05) is 11.8 Å². The van der Waals surface area contributed by atoms with Crippen LogP contribution in [0.25, 0.3) is 0 Å². The summed E-state index contributed by atoms with van der Waals surface area (Å²) in [6.45, 7) is 7.20. The number of hydrogen-bond donors (Lipinski definition) is 2. The second-order valence-electron chi connectivity index (χ2n) is 5.89. The molecule has 1 aromatic rings. The van der Waals surface area contributed by atoms with Gasteiger partial charge in [-0.2, -0.15) is 0 Å². The minimum atomic E-state index is -0.557. The molecule has 1 amide bonds. The number of nitrogens with two attached hydrogens (primary N) is 1. The standard InChI is InChI=1S/C17H22N2O4/c1-11-13(15(20)22-5)9-12(10-14(11)18)7-6-8-19-16(21)23-17(2,3)4/h9-10H,8,18H2,1-5H3,(H,19,21). The fraction of sp³-hybridized carbons (Fsp3) is 0.412. The molecule has 6 heteroatoms. The maximum absolute atomic E-state index is 11.7. The normalized spacial score (nSPS) is 10.3. The number of anilines is 1. The lowest BCUT2D eigenvalue weighted by molar-refractivity contribution is 0.0533. The summed E-state index contributed by atoms with van der Waals surface area (Å²) in [6.07, 6.45) is -0.537. The molecule has 0 atom stereocenters. The second-order valence-corrected chi connectivity index (χ2v) is 5.89. The Morgan fingerprint density at radius 3 is 2.52 bits per heavy atom. The van der Waals surface area contributed by atoms with Gasteiger partial charge in [0.2, 0.25) is 0 Å². The first-order chi connectivity index (χ1) is 10.6. The number of esters is 1. The molecule has 3 N–H and O–H groups in total. The van der Waals surface area contributed by atoms with Gasteiger partial charge in [0.1, 0.15) is 5.60 Å². The predicted molar refractivity (Wildman–Crippen MR) is 88.0 cm³/mol. The maximum atomic E-state index is 11.7. The molecule has 6 nitrogen and oxygen atoms in total. The average molecular weight is 318 g/mol. The van der Waals surface area contributed by atoms with Crippen molar-refractivity contribution in [3.05, 3.63) is 28.8 Å². The van der Waals surface area contributed by atoms with Crippen LogP contribution in [0.1, 0.15) is 42.3 Å². The van der Waals surface area contributed by atoms with Crippen molar-refractivity contribution in [2.24, 2.45) is 0 Å². The van der Waals surface area contributed by atoms with E-state index in [4.69, 9.17) is 15.2 Å². The fourth-order valence-electron chi connectivity index (χ4n) is 1.71. The Balaban J connectivity index is 2.78. The van der Waals surface area contributed by atoms with Gasteiger partial charge in [0.25, 0.3) is 0 Å². The lowest BCUT2D eigenvalue weighted by Gasteiger charge is -2.19. The van der Waals surface area contributed by atoms with Gasteiger partial charge < -0.3 is 20.5 Å². The van der Waals surface area contributed by atoms with Gasteiger partial charge in [0.15, 0.2) is 0 Å². The number of carbonyl (C=O) groups is 2. The third kappa shape index (κ3) is 5.91. The molecule has 1 aromatic carbocycles. The Labute approximate surface area is 136 Å². The molecule has 0 unspecified atom stereocenters. The van der Waals surface area contributed by atoms with E-state index in [0.717, 1.165) is 0 Å². The monoisotopic (exact) mass is 318 g/mol. The van der Waals surface area contributed by atoms with E-state index >= 15 is 0 Å². The van der Waals surface area contributed by atoms with Crippen LogP contribution in [0.5, 0.6) is 0 Å². The molecule has 23 heavy (non-hydrogen) atoms. The number of ether oxygens (including phenoxy) is 2. The number of nitrogens with one attached hydrogen (secondary N) is 1. The zero-order valence-corrected chi connectivity index (χ0v) is 14.1. The number of amides is 1. The van der Waals surface area contributed by atoms with Crippen LogP contribution < -0.4 is 11.1 Å². The van der Waals surface area contributed by atoms with Gasteiger partial charge in [-0.15, -0.1) is 0 Å². The Morgan fingerprint density at radius 2 is 1.96 bits per heavy atom. The van der Waals surface area contributed by atoms with Crippen LogP contribution in [-0.4, -0.2) is 31.3 Å². The van der Waals surface area contributed by atoms with Crippen molar-refractivity contribution in [1.29, 1.82) is 0 Å². The summed E-state index contributed by atoms with van der Waals surface area (Å²) < 4.78 is 9.81. The van der Waals surface area contributed by atoms with E-state index in [-0.39, 0.29) is 6.54 Å². The minimum Gasteiger partial charge on any atom is -0.465 e. The van der Waals surface area contributed by atoms with Crippen LogP contribution in [0.2, 0.25) is 0 Å². The van der Waals surface area contributed by atoms with Crippen molar-refractivity contribution in [1.82, 2.24) is 5.32 Å². The van der Waals surface area contributed by atoms with Crippen molar-refractivity contribution >= 4 is 17.7 Å². The fourth-order valence-corrected chi connectivity index (χ4v) is 1.71. The number of carbonyl (C=O) groups excluding carboxylic acids is 2. The summed E-state index contributed by atoms with van der Waals surface area (Å²) >= 11 is 0. The Bertz CT molecular complexity index is 664. The average Bonchev–Trinajstić information content (AvgIpc) is 2.44. The SMILES string of the molecule is COC(=O)c1cc(C#CCNC(=O)OC(C)(C)C)cc(N)c1C. The molecule has 0 spiro atoms. The van der Waals surface area contributed by atoms with Crippen molar-refractivity contribution in [2.75, 3.05) is 19.4 Å². The lowest BCUT2D eigenvalue weighted by Crippen LogP contribution is -2.32. The van der Waals surface area contributed by atoms with Gasteiger partial charge in [0, 0.05) is 11.3 Å². The number of alkyl carbamates (subject to hydrolysis) is 1. The largest absolute Gasteiger partial charge is 0.465 e. The minimum absolute atomic E-state index is 0.121. The van der Waals surface area contributed by atoms with E-state index in [1.54, 1.807) is 39.8 Å². The molecular formula is C17H22N2O4. The van der Waals surface area contributed by atoms with E-state index in [2.05, 4.69) is 17.2 Å². The Kier molecular flexibility index (Phi) is 6.02. The Morgan fingerprint density at radius 1 is 1.30 bits per heavy atom. The predicted octanol–water partition coefficient (Wildman–Crippen LogP) is 2.24. The zero-order valence-electron chi connectivity index (χ0n) is 14.1. The first kappa shape index (κ1) is 18.4. The molecule has 0 aromatic heterocycles. The molecule has 0 aliphatic heterocycles. The van der Waals surface area contributed by atoms with Crippen LogP contribution in [0, 0.1) is 18.8 Å². The molecular weight excluding hydrogens is 296 g/mol. The summed E-state index contributed by atoms with van der Waals surface area (Å²) in [5.74, 6) is 5.15. The first-order valence-corrected chi connectivity index (χ1v) is 7.08. The summed E-state index contributed by atoms with van der Waals surface area (Å²) in [7, 11) is 1.31. The van der Waals surface area contributed by atoms with Crippen molar-refractivity contribution in [3.8, 4) is 11.8 Å². The van der Waals surface area contributed by atoms with E-state index in [1.807, 2.05) is 0 Å². The zero-order chi connectivity index (χ0) is 17.6. The molecule has 0 bridgehead atoms. The second kappa shape index (κ2) is 7.54. The van der Waals surface area contributed by atoms with Gasteiger partial charge in [-0.05, 0) is 45.4 Å². The molecule has 124 valence electrons. The quantitative estimate of drug-likeness (QED) is 0.496. The lowest BCUT2D eigenvalue weighted by atomic mass is 10.0. The molecule has 0 aliphatic rings. The maximum Gasteiger partial charge on any atom is 0.408 e. The molecule has 1 rings (SSSR count). The number of rotatable bonds is 2. The van der Waals surface area contributed by atoms with E-state index < -0.39 is 17.7 Å². The molecule has 0 saturated heterocycles. The van der Waals surface area contributed by atoms with E-state index in [9.17, 15) is 9.59 Å². The molecule has 0 radical (unpaired) electrons.